The highest BCUT2D eigenvalue weighted by molar-refractivity contribution is 5.83. The van der Waals surface area contributed by atoms with Crippen LogP contribution in [0.25, 0.3) is 0 Å². The van der Waals surface area contributed by atoms with E-state index < -0.39 is 17.6 Å². The van der Waals surface area contributed by atoms with E-state index in [1.807, 2.05) is 6.07 Å². The van der Waals surface area contributed by atoms with Crippen LogP contribution in [0.3, 0.4) is 0 Å². The molecule has 1 atom stereocenters. The Morgan fingerprint density at radius 2 is 2.00 bits per heavy atom. The van der Waals surface area contributed by atoms with Crippen molar-refractivity contribution in [3.8, 4) is 0 Å². The van der Waals surface area contributed by atoms with Crippen molar-refractivity contribution in [2.75, 3.05) is 19.6 Å². The van der Waals surface area contributed by atoms with E-state index in [1.54, 1.807) is 24.3 Å². The maximum atomic E-state index is 11.9. The fourth-order valence-electron chi connectivity index (χ4n) is 1.90. The Kier molecular flexibility index (Phi) is 3.15. The van der Waals surface area contributed by atoms with Crippen molar-refractivity contribution in [1.82, 2.24) is 4.90 Å². The number of carbonyl (C=O) groups excluding carboxylic acids is 1. The van der Waals surface area contributed by atoms with Crippen molar-refractivity contribution in [2.24, 2.45) is 5.73 Å². The highest BCUT2D eigenvalue weighted by atomic mass is 16.3. The molecule has 0 saturated carbocycles. The third-order valence-electron chi connectivity index (χ3n) is 3.01. The van der Waals surface area contributed by atoms with Crippen molar-refractivity contribution < 1.29 is 15.0 Å². The van der Waals surface area contributed by atoms with E-state index in [9.17, 15) is 15.0 Å². The van der Waals surface area contributed by atoms with E-state index in [0.717, 1.165) is 0 Å². The molecule has 1 aliphatic rings. The zero-order valence-corrected chi connectivity index (χ0v) is 9.41. The molecule has 0 unspecified atom stereocenters. The Morgan fingerprint density at radius 1 is 1.41 bits per heavy atom. The molecule has 1 aromatic rings. The van der Waals surface area contributed by atoms with Crippen LogP contribution >= 0.6 is 0 Å². The van der Waals surface area contributed by atoms with Gasteiger partial charge in [-0.1, -0.05) is 30.3 Å². The number of hydrogen-bond donors (Lipinski definition) is 3. The summed E-state index contributed by atoms with van der Waals surface area (Å²) < 4.78 is 0. The van der Waals surface area contributed by atoms with Gasteiger partial charge in [0.25, 0.3) is 5.91 Å². The number of aliphatic hydroxyl groups is 2. The molecule has 1 saturated heterocycles. The van der Waals surface area contributed by atoms with Crippen molar-refractivity contribution in [3.63, 3.8) is 0 Å². The summed E-state index contributed by atoms with van der Waals surface area (Å²) in [4.78, 5) is 13.3. The molecular weight excluding hydrogens is 220 g/mol. The Morgan fingerprint density at radius 3 is 2.53 bits per heavy atom. The lowest BCUT2D eigenvalue weighted by Gasteiger charge is -2.46. The van der Waals surface area contributed by atoms with E-state index in [2.05, 4.69) is 0 Å². The molecule has 1 amide bonds. The van der Waals surface area contributed by atoms with Gasteiger partial charge in [0.2, 0.25) is 0 Å². The summed E-state index contributed by atoms with van der Waals surface area (Å²) in [6.07, 6.45) is -1.17. The molecule has 5 heteroatoms. The Balaban J connectivity index is 1.99. The second-order valence-corrected chi connectivity index (χ2v) is 4.44. The molecular formula is C12H16N2O3. The Hall–Kier alpha value is -1.43. The van der Waals surface area contributed by atoms with Crippen LogP contribution in [0.5, 0.6) is 0 Å². The maximum Gasteiger partial charge on any atom is 0.256 e. The third-order valence-corrected chi connectivity index (χ3v) is 3.01. The molecule has 0 aromatic heterocycles. The summed E-state index contributed by atoms with van der Waals surface area (Å²) in [7, 11) is 0. The second kappa shape index (κ2) is 4.44. The zero-order chi connectivity index (χ0) is 12.5. The SMILES string of the molecule is NCC1(O)CN(C(=O)[C@H](O)c2ccccc2)C1. The first kappa shape index (κ1) is 12.0. The fourth-order valence-corrected chi connectivity index (χ4v) is 1.90. The van der Waals surface area contributed by atoms with Crippen molar-refractivity contribution in [1.29, 1.82) is 0 Å². The molecule has 4 N–H and O–H groups in total. The standard InChI is InChI=1S/C12H16N2O3/c13-6-12(17)7-14(8-12)11(16)10(15)9-4-2-1-3-5-9/h1-5,10,15,17H,6-8,13H2/t10-/m1/s1. The number of benzene rings is 1. The van der Waals surface area contributed by atoms with E-state index in [0.29, 0.717) is 5.56 Å². The van der Waals surface area contributed by atoms with Crippen LogP contribution in [0.15, 0.2) is 30.3 Å². The van der Waals surface area contributed by atoms with Crippen LogP contribution in [-0.4, -0.2) is 46.3 Å². The van der Waals surface area contributed by atoms with Gasteiger partial charge in [0, 0.05) is 6.54 Å². The van der Waals surface area contributed by atoms with E-state index in [1.165, 1.54) is 4.90 Å². The van der Waals surface area contributed by atoms with Crippen LogP contribution in [0.2, 0.25) is 0 Å². The molecule has 1 heterocycles. The number of nitrogens with two attached hydrogens (primary N) is 1. The molecule has 0 aliphatic carbocycles. The van der Waals surface area contributed by atoms with Gasteiger partial charge in [-0.05, 0) is 5.56 Å². The topological polar surface area (TPSA) is 86.8 Å². The minimum absolute atomic E-state index is 0.123. The van der Waals surface area contributed by atoms with Gasteiger partial charge in [0.05, 0.1) is 13.1 Å². The first-order valence-corrected chi connectivity index (χ1v) is 5.50. The molecule has 92 valence electrons. The summed E-state index contributed by atoms with van der Waals surface area (Å²) in [6, 6.07) is 8.72. The van der Waals surface area contributed by atoms with Gasteiger partial charge in [-0.25, -0.2) is 0 Å². The minimum Gasteiger partial charge on any atom is -0.385 e. The molecule has 1 fully saturated rings. The molecule has 0 bridgehead atoms. The monoisotopic (exact) mass is 236 g/mol. The van der Waals surface area contributed by atoms with Crippen molar-refractivity contribution in [2.45, 2.75) is 11.7 Å². The highest BCUT2D eigenvalue weighted by Gasteiger charge is 2.44. The fraction of sp³-hybridized carbons (Fsp3) is 0.417. The van der Waals surface area contributed by atoms with Crippen LogP contribution in [0.1, 0.15) is 11.7 Å². The van der Waals surface area contributed by atoms with Gasteiger partial charge in [-0.15, -0.1) is 0 Å². The number of carbonyl (C=O) groups is 1. The van der Waals surface area contributed by atoms with E-state index >= 15 is 0 Å². The highest BCUT2D eigenvalue weighted by Crippen LogP contribution is 2.24. The zero-order valence-electron chi connectivity index (χ0n) is 9.41. The number of rotatable bonds is 3. The predicted octanol–water partition coefficient (Wildman–Crippen LogP) is -0.748. The lowest BCUT2D eigenvalue weighted by atomic mass is 9.93. The normalized spacial score (nSPS) is 19.6. The number of likely N-dealkylation sites (tertiary alicyclic amines) is 1. The number of β-amino-alcohol motifs (C(OH)–C–C–N with tert-alkyl or cyclic N) is 1. The third kappa shape index (κ3) is 2.31. The van der Waals surface area contributed by atoms with Gasteiger partial charge >= 0.3 is 0 Å². The lowest BCUT2D eigenvalue weighted by molar-refractivity contribution is -0.162. The van der Waals surface area contributed by atoms with Crippen LogP contribution in [-0.2, 0) is 4.79 Å². The summed E-state index contributed by atoms with van der Waals surface area (Å²) in [6.45, 7) is 0.497. The minimum atomic E-state index is -1.17. The van der Waals surface area contributed by atoms with Gasteiger partial charge < -0.3 is 20.8 Å². The molecule has 5 nitrogen and oxygen atoms in total. The molecule has 0 radical (unpaired) electrons. The molecule has 2 rings (SSSR count). The molecule has 0 spiro atoms. The van der Waals surface area contributed by atoms with Crippen molar-refractivity contribution >= 4 is 5.91 Å². The van der Waals surface area contributed by atoms with Gasteiger partial charge in [0.1, 0.15) is 5.60 Å². The summed E-state index contributed by atoms with van der Waals surface area (Å²) in [5.41, 5.74) is 4.94. The van der Waals surface area contributed by atoms with Crippen LogP contribution < -0.4 is 5.73 Å². The van der Waals surface area contributed by atoms with E-state index in [-0.39, 0.29) is 19.6 Å². The largest absolute Gasteiger partial charge is 0.385 e. The van der Waals surface area contributed by atoms with Gasteiger partial charge in [-0.3, -0.25) is 4.79 Å². The average Bonchev–Trinajstić information content (AvgIpc) is 2.34. The Bertz CT molecular complexity index is 401. The van der Waals surface area contributed by atoms with E-state index in [4.69, 9.17) is 5.73 Å². The maximum absolute atomic E-state index is 11.9. The van der Waals surface area contributed by atoms with Crippen LogP contribution in [0, 0.1) is 0 Å². The summed E-state index contributed by atoms with van der Waals surface area (Å²) >= 11 is 0. The average molecular weight is 236 g/mol. The second-order valence-electron chi connectivity index (χ2n) is 4.44. The quantitative estimate of drug-likeness (QED) is 0.644. The lowest BCUT2D eigenvalue weighted by Crippen LogP contribution is -2.67. The molecule has 1 aliphatic heterocycles. The number of aliphatic hydroxyl groups excluding tert-OH is 1. The number of nitrogens with zero attached hydrogens (tertiary/aromatic N) is 1. The molecule has 17 heavy (non-hydrogen) atoms. The summed E-state index contributed by atoms with van der Waals surface area (Å²) in [5, 5.41) is 19.6. The van der Waals surface area contributed by atoms with Crippen molar-refractivity contribution in [3.05, 3.63) is 35.9 Å². The predicted molar refractivity (Wildman–Crippen MR) is 62.0 cm³/mol. The first-order chi connectivity index (χ1) is 8.06. The first-order valence-electron chi connectivity index (χ1n) is 5.50. The number of amides is 1. The molecule has 1 aromatic carbocycles. The Labute approximate surface area is 99.5 Å². The van der Waals surface area contributed by atoms with Gasteiger partial charge in [-0.2, -0.15) is 0 Å². The smallest absolute Gasteiger partial charge is 0.256 e. The van der Waals surface area contributed by atoms with Gasteiger partial charge in [0.15, 0.2) is 6.10 Å². The summed E-state index contributed by atoms with van der Waals surface area (Å²) in [5.74, 6) is -0.394. The number of hydrogen-bond acceptors (Lipinski definition) is 4. The van der Waals surface area contributed by atoms with Crippen LogP contribution in [0.4, 0.5) is 0 Å².